The van der Waals surface area contributed by atoms with E-state index in [1.165, 1.54) is 0 Å². The molecule has 5 heteroatoms. The average molecular weight is 275 g/mol. The Morgan fingerprint density at radius 2 is 1.85 bits per heavy atom. The van der Waals surface area contributed by atoms with Crippen LogP contribution in [0.5, 0.6) is 0 Å². The minimum absolute atomic E-state index is 0.0133. The first-order valence-electron chi connectivity index (χ1n) is 7.04. The molecule has 20 heavy (non-hydrogen) atoms. The maximum atomic E-state index is 12.3. The number of hydrogen-bond acceptors (Lipinski definition) is 3. The number of nitrogens with two attached hydrogens (primary N) is 1. The van der Waals surface area contributed by atoms with Crippen LogP contribution in [0, 0.1) is 5.92 Å². The van der Waals surface area contributed by atoms with Gasteiger partial charge in [-0.25, -0.2) is 0 Å². The number of amides is 2. The van der Waals surface area contributed by atoms with Crippen molar-refractivity contribution in [3.63, 3.8) is 0 Å². The molecule has 1 aromatic rings. The van der Waals surface area contributed by atoms with Crippen LogP contribution in [-0.4, -0.2) is 36.3 Å². The van der Waals surface area contributed by atoms with Gasteiger partial charge in [-0.3, -0.25) is 9.59 Å². The summed E-state index contributed by atoms with van der Waals surface area (Å²) in [5.41, 5.74) is 6.91. The van der Waals surface area contributed by atoms with Gasteiger partial charge in [-0.05, 0) is 44.0 Å². The van der Waals surface area contributed by atoms with E-state index >= 15 is 0 Å². The highest BCUT2D eigenvalue weighted by molar-refractivity contribution is 5.94. The molecule has 5 nitrogen and oxygen atoms in total. The molecule has 2 rings (SSSR count). The number of rotatable bonds is 3. The molecular formula is C15H21N3O2. The number of piperidine rings is 1. The molecule has 0 aromatic heterocycles. The van der Waals surface area contributed by atoms with Crippen LogP contribution in [0.1, 0.15) is 30.1 Å². The Morgan fingerprint density at radius 3 is 2.40 bits per heavy atom. The molecule has 0 bridgehead atoms. The first-order valence-corrected chi connectivity index (χ1v) is 7.04. The maximum absolute atomic E-state index is 12.3. The van der Waals surface area contributed by atoms with Gasteiger partial charge in [0, 0.05) is 36.8 Å². The summed E-state index contributed by atoms with van der Waals surface area (Å²) < 4.78 is 0. The lowest BCUT2D eigenvalue weighted by molar-refractivity contribution is -0.126. The average Bonchev–Trinajstić information content (AvgIpc) is 2.48. The zero-order valence-electron chi connectivity index (χ0n) is 11.8. The lowest BCUT2D eigenvalue weighted by atomic mass is 9.95. The monoisotopic (exact) mass is 275 g/mol. The number of carbonyl (C=O) groups excluding carboxylic acids is 2. The molecule has 1 aromatic carbocycles. The third-order valence-electron chi connectivity index (χ3n) is 3.66. The van der Waals surface area contributed by atoms with Crippen LogP contribution < -0.4 is 11.1 Å². The maximum Gasteiger partial charge on any atom is 0.253 e. The van der Waals surface area contributed by atoms with Crippen LogP contribution in [0.3, 0.4) is 0 Å². The molecule has 0 atom stereocenters. The Kier molecular flexibility index (Phi) is 4.61. The number of nitrogens with zero attached hydrogens (tertiary/aromatic N) is 1. The van der Waals surface area contributed by atoms with Crippen molar-refractivity contribution < 1.29 is 9.59 Å². The minimum atomic E-state index is 0.0133. The molecule has 1 aliphatic rings. The molecule has 3 N–H and O–H groups in total. The quantitative estimate of drug-likeness (QED) is 0.815. The summed E-state index contributed by atoms with van der Waals surface area (Å²) in [4.78, 5) is 25.9. The minimum Gasteiger partial charge on any atom is -0.399 e. The highest BCUT2D eigenvalue weighted by atomic mass is 16.2. The lowest BCUT2D eigenvalue weighted by Gasteiger charge is -2.31. The molecular weight excluding hydrogens is 254 g/mol. The molecule has 1 fully saturated rings. The van der Waals surface area contributed by atoms with E-state index in [9.17, 15) is 9.59 Å². The third-order valence-corrected chi connectivity index (χ3v) is 3.66. The SMILES string of the molecule is CCNC(=O)C1CCN(C(=O)c2ccc(N)cc2)CC1. The largest absolute Gasteiger partial charge is 0.399 e. The summed E-state index contributed by atoms with van der Waals surface area (Å²) >= 11 is 0. The van der Waals surface area contributed by atoms with Crippen molar-refractivity contribution in [3.8, 4) is 0 Å². The number of anilines is 1. The van der Waals surface area contributed by atoms with Gasteiger partial charge in [0.1, 0.15) is 0 Å². The summed E-state index contributed by atoms with van der Waals surface area (Å²) in [7, 11) is 0. The van der Waals surface area contributed by atoms with Crippen LogP contribution in [-0.2, 0) is 4.79 Å². The summed E-state index contributed by atoms with van der Waals surface area (Å²) in [5, 5.41) is 2.84. The highest BCUT2D eigenvalue weighted by Gasteiger charge is 2.27. The smallest absolute Gasteiger partial charge is 0.253 e. The molecule has 0 spiro atoms. The molecule has 2 amide bonds. The van der Waals surface area contributed by atoms with Gasteiger partial charge in [-0.15, -0.1) is 0 Å². The van der Waals surface area contributed by atoms with Gasteiger partial charge in [0.15, 0.2) is 0 Å². The number of benzene rings is 1. The van der Waals surface area contributed by atoms with E-state index in [4.69, 9.17) is 5.73 Å². The molecule has 108 valence electrons. The standard InChI is InChI=1S/C15H21N3O2/c1-2-17-14(19)11-7-9-18(10-8-11)15(20)12-3-5-13(16)6-4-12/h3-6,11H,2,7-10,16H2,1H3,(H,17,19). The third kappa shape index (κ3) is 3.29. The van der Waals surface area contributed by atoms with Crippen LogP contribution in [0.15, 0.2) is 24.3 Å². The fourth-order valence-electron chi connectivity index (χ4n) is 2.47. The van der Waals surface area contributed by atoms with Gasteiger partial charge in [0.25, 0.3) is 5.91 Å². The second-order valence-corrected chi connectivity index (χ2v) is 5.08. The molecule has 1 heterocycles. The Bertz CT molecular complexity index is 476. The second kappa shape index (κ2) is 6.41. The van der Waals surface area contributed by atoms with Crippen molar-refractivity contribution in [3.05, 3.63) is 29.8 Å². The van der Waals surface area contributed by atoms with Gasteiger partial charge < -0.3 is 16.0 Å². The Labute approximate surface area is 119 Å². The Hall–Kier alpha value is -2.04. The Balaban J connectivity index is 1.92. The summed E-state index contributed by atoms with van der Waals surface area (Å²) in [6.07, 6.45) is 1.46. The van der Waals surface area contributed by atoms with E-state index in [-0.39, 0.29) is 17.7 Å². The molecule has 1 saturated heterocycles. The number of hydrogen-bond donors (Lipinski definition) is 2. The van der Waals surface area contributed by atoms with Crippen molar-refractivity contribution in [1.82, 2.24) is 10.2 Å². The van der Waals surface area contributed by atoms with Gasteiger partial charge in [-0.2, -0.15) is 0 Å². The van der Waals surface area contributed by atoms with E-state index in [0.717, 1.165) is 12.8 Å². The molecule has 1 aliphatic heterocycles. The molecule has 0 unspecified atom stereocenters. The fourth-order valence-corrected chi connectivity index (χ4v) is 2.47. The van der Waals surface area contributed by atoms with Gasteiger partial charge >= 0.3 is 0 Å². The predicted molar refractivity (Wildman–Crippen MR) is 78.2 cm³/mol. The lowest BCUT2D eigenvalue weighted by Crippen LogP contribution is -2.43. The van der Waals surface area contributed by atoms with Gasteiger partial charge in [0.05, 0.1) is 0 Å². The molecule has 0 radical (unpaired) electrons. The second-order valence-electron chi connectivity index (χ2n) is 5.08. The Morgan fingerprint density at radius 1 is 1.25 bits per heavy atom. The van der Waals surface area contributed by atoms with E-state index in [1.54, 1.807) is 29.2 Å². The molecule has 0 saturated carbocycles. The highest BCUT2D eigenvalue weighted by Crippen LogP contribution is 2.19. The number of nitrogen functional groups attached to an aromatic ring is 1. The van der Waals surface area contributed by atoms with Crippen molar-refractivity contribution in [2.75, 3.05) is 25.4 Å². The van der Waals surface area contributed by atoms with Crippen molar-refractivity contribution >= 4 is 17.5 Å². The van der Waals surface area contributed by atoms with Crippen LogP contribution in [0.4, 0.5) is 5.69 Å². The first-order chi connectivity index (χ1) is 9.61. The van der Waals surface area contributed by atoms with E-state index in [1.807, 2.05) is 6.92 Å². The van der Waals surface area contributed by atoms with Crippen LogP contribution >= 0.6 is 0 Å². The molecule has 0 aliphatic carbocycles. The summed E-state index contributed by atoms with van der Waals surface area (Å²) in [6, 6.07) is 6.95. The topological polar surface area (TPSA) is 75.4 Å². The van der Waals surface area contributed by atoms with Gasteiger partial charge in [-0.1, -0.05) is 0 Å². The van der Waals surface area contributed by atoms with E-state index < -0.39 is 0 Å². The number of nitrogens with one attached hydrogen (secondary N) is 1. The predicted octanol–water partition coefficient (Wildman–Crippen LogP) is 1.26. The van der Waals surface area contributed by atoms with Crippen LogP contribution in [0.25, 0.3) is 0 Å². The normalized spacial score (nSPS) is 15.9. The summed E-state index contributed by atoms with van der Waals surface area (Å²) in [5.74, 6) is 0.150. The number of likely N-dealkylation sites (tertiary alicyclic amines) is 1. The van der Waals surface area contributed by atoms with E-state index in [2.05, 4.69) is 5.32 Å². The zero-order valence-corrected chi connectivity index (χ0v) is 11.8. The fraction of sp³-hybridized carbons (Fsp3) is 0.467. The van der Waals surface area contributed by atoms with Crippen molar-refractivity contribution in [1.29, 1.82) is 0 Å². The van der Waals surface area contributed by atoms with E-state index in [0.29, 0.717) is 30.9 Å². The van der Waals surface area contributed by atoms with Crippen molar-refractivity contribution in [2.24, 2.45) is 5.92 Å². The zero-order chi connectivity index (χ0) is 14.5. The van der Waals surface area contributed by atoms with Crippen LogP contribution in [0.2, 0.25) is 0 Å². The van der Waals surface area contributed by atoms with Crippen molar-refractivity contribution in [2.45, 2.75) is 19.8 Å². The number of carbonyl (C=O) groups is 2. The summed E-state index contributed by atoms with van der Waals surface area (Å²) in [6.45, 7) is 3.83. The first kappa shape index (κ1) is 14.4. The van der Waals surface area contributed by atoms with Gasteiger partial charge in [0.2, 0.25) is 5.91 Å².